The van der Waals surface area contributed by atoms with E-state index in [0.717, 1.165) is 33.2 Å². The summed E-state index contributed by atoms with van der Waals surface area (Å²) in [5.74, 6) is 0.990. The molecule has 0 spiro atoms. The number of rotatable bonds is 15. The molecule has 6 heterocycles. The molecule has 2 aliphatic rings. The van der Waals surface area contributed by atoms with Gasteiger partial charge in [0.2, 0.25) is 17.7 Å². The smallest absolute Gasteiger partial charge is 0.337 e. The molecule has 3 N–H and O–H groups in total. The number of fused-ring (bicyclic) bond motifs is 4. The first kappa shape index (κ1) is 43.8. The molecule has 0 aliphatic carbocycles. The quantitative estimate of drug-likeness (QED) is 0.0943. The number of methoxy groups -OCH3 is 1. The number of amides is 2. The predicted octanol–water partition coefficient (Wildman–Crippen LogP) is 6.59. The van der Waals surface area contributed by atoms with Crippen molar-refractivity contribution in [2.75, 3.05) is 71.2 Å². The van der Waals surface area contributed by atoms with Crippen LogP contribution in [0.3, 0.4) is 0 Å². The zero-order valence-corrected chi connectivity index (χ0v) is 37.4. The zero-order chi connectivity index (χ0) is 44.4. The number of hydrogen-bond acceptors (Lipinski definition) is 12. The Morgan fingerprint density at radius 1 is 0.952 bits per heavy atom. The van der Waals surface area contributed by atoms with E-state index in [1.807, 2.05) is 47.9 Å². The van der Waals surface area contributed by atoms with Crippen LogP contribution in [0.15, 0.2) is 59.7 Å². The van der Waals surface area contributed by atoms with Gasteiger partial charge >= 0.3 is 5.97 Å². The molecule has 0 saturated carbocycles. The highest BCUT2D eigenvalue weighted by Crippen LogP contribution is 2.41. The third kappa shape index (κ3) is 9.15. The molecule has 63 heavy (non-hydrogen) atoms. The number of carboxylic acids is 1. The topological polar surface area (TPSA) is 189 Å². The van der Waals surface area contributed by atoms with E-state index in [4.69, 9.17) is 47.4 Å². The van der Waals surface area contributed by atoms with E-state index >= 15 is 0 Å². The zero-order valence-electron chi connectivity index (χ0n) is 35.0. The van der Waals surface area contributed by atoms with E-state index in [1.54, 1.807) is 28.4 Å². The van der Waals surface area contributed by atoms with Crippen LogP contribution >= 0.6 is 34.5 Å². The van der Waals surface area contributed by atoms with E-state index in [9.17, 15) is 19.5 Å². The molecule has 0 radical (unpaired) electrons. The second-order valence-corrected chi connectivity index (χ2v) is 17.1. The summed E-state index contributed by atoms with van der Waals surface area (Å²) in [4.78, 5) is 55.8. The summed E-state index contributed by atoms with van der Waals surface area (Å²) >= 11 is 14.5. The number of carbonyl (C=O) groups is 3. The number of aromatic amines is 1. The highest BCUT2D eigenvalue weighted by molar-refractivity contribution is 7.15. The van der Waals surface area contributed by atoms with Crippen LogP contribution in [0.1, 0.15) is 56.0 Å². The number of nitrogens with zero attached hydrogens (tertiary/aromatic N) is 7. The minimum absolute atomic E-state index is 0.0677. The van der Waals surface area contributed by atoms with Gasteiger partial charge in [-0.3, -0.25) is 19.1 Å². The Morgan fingerprint density at radius 2 is 1.71 bits per heavy atom. The fraction of sp³-hybridized carbons (Fsp3) is 0.341. The molecule has 0 bridgehead atoms. The number of thiophene rings is 1. The lowest BCUT2D eigenvalue weighted by atomic mass is 9.99. The maximum atomic E-state index is 13.3. The Morgan fingerprint density at radius 3 is 2.46 bits per heavy atom. The van der Waals surface area contributed by atoms with Crippen LogP contribution in [-0.2, 0) is 19.1 Å². The largest absolute Gasteiger partial charge is 0.480 e. The number of halogens is 2. The van der Waals surface area contributed by atoms with Crippen molar-refractivity contribution < 1.29 is 33.7 Å². The Bertz CT molecular complexity index is 2720. The number of H-pyrrole nitrogens is 1. The average Bonchev–Trinajstić information content (AvgIpc) is 3.94. The Kier molecular flexibility index (Phi) is 13.1. The van der Waals surface area contributed by atoms with Crippen LogP contribution < -0.4 is 15.0 Å². The number of benzene rings is 2. The molecule has 6 aromatic rings. The Balaban J connectivity index is 0.774. The normalized spacial score (nSPS) is 14.9. The van der Waals surface area contributed by atoms with Gasteiger partial charge in [0.05, 0.1) is 49.6 Å². The first-order valence-electron chi connectivity index (χ1n) is 20.3. The van der Waals surface area contributed by atoms with Crippen molar-refractivity contribution in [3.05, 3.63) is 104 Å². The van der Waals surface area contributed by atoms with E-state index in [0.29, 0.717) is 75.8 Å². The van der Waals surface area contributed by atoms with Crippen molar-refractivity contribution in [3.8, 4) is 22.0 Å². The Labute approximate surface area is 376 Å². The maximum absolute atomic E-state index is 13.3. The molecule has 2 amide bonds. The van der Waals surface area contributed by atoms with E-state index < -0.39 is 12.0 Å². The van der Waals surface area contributed by atoms with Crippen LogP contribution in [0.2, 0.25) is 10.0 Å². The van der Waals surface area contributed by atoms with Crippen LogP contribution in [-0.4, -0.2) is 124 Å². The highest BCUT2D eigenvalue weighted by Gasteiger charge is 2.32. The molecular weight excluding hydrogens is 870 g/mol. The van der Waals surface area contributed by atoms with Crippen molar-refractivity contribution in [1.29, 1.82) is 0 Å². The molecule has 1 atom stereocenters. The average molecular weight is 915 g/mol. The lowest BCUT2D eigenvalue weighted by molar-refractivity contribution is -0.137. The van der Waals surface area contributed by atoms with Gasteiger partial charge in [-0.25, -0.2) is 4.79 Å². The fourth-order valence-electron chi connectivity index (χ4n) is 7.79. The summed E-state index contributed by atoms with van der Waals surface area (Å²) in [5.41, 5.74) is 5.78. The Hall–Kier alpha value is -5.85. The molecule has 16 nitrogen and oxygen atoms in total. The summed E-state index contributed by atoms with van der Waals surface area (Å²) in [5, 5.41) is 23.9. The number of aryl methyl sites for hydroxylation is 2. The summed E-state index contributed by atoms with van der Waals surface area (Å²) in [6, 6.07) is 14.1. The van der Waals surface area contributed by atoms with Crippen molar-refractivity contribution >= 4 is 74.8 Å². The lowest BCUT2D eigenvalue weighted by Crippen LogP contribution is -2.50. The monoisotopic (exact) mass is 913 g/mol. The molecule has 2 aromatic carbocycles. The van der Waals surface area contributed by atoms with Gasteiger partial charge in [0, 0.05) is 82.0 Å². The van der Waals surface area contributed by atoms with Gasteiger partial charge in [0.15, 0.2) is 5.82 Å². The van der Waals surface area contributed by atoms with Gasteiger partial charge in [-0.2, -0.15) is 4.98 Å². The van der Waals surface area contributed by atoms with Crippen molar-refractivity contribution in [3.63, 3.8) is 0 Å². The first-order chi connectivity index (χ1) is 30.4. The SMILES string of the molecule is COc1nc(N2CCN(C(=O)COCCOCCNC(=O)C[C@@H]3N=C(c4ccc(Cl)cc4)c4c(sc(C)c4C)-n4c(C)nnc43)CC2)ccc1-c1cc2c(C(=O)O)c[nH]c2cc1Cl. The molecule has 0 unspecified atom stereocenters. The van der Waals surface area contributed by atoms with Gasteiger partial charge < -0.3 is 39.4 Å². The number of nitrogens with one attached hydrogen (secondary N) is 2. The van der Waals surface area contributed by atoms with E-state index in [1.165, 1.54) is 18.2 Å². The van der Waals surface area contributed by atoms with Gasteiger partial charge in [-0.05, 0) is 62.7 Å². The number of carboxylic acid groups (broad SMARTS) is 1. The molecule has 1 fully saturated rings. The molecular formula is C44H45Cl2N9O7S. The number of aromatic carboxylic acids is 1. The van der Waals surface area contributed by atoms with E-state index in [2.05, 4.69) is 39.2 Å². The summed E-state index contributed by atoms with van der Waals surface area (Å²) in [7, 11) is 1.52. The van der Waals surface area contributed by atoms with Crippen LogP contribution in [0, 0.1) is 20.8 Å². The molecule has 328 valence electrons. The molecule has 2 aliphatic heterocycles. The maximum Gasteiger partial charge on any atom is 0.337 e. The lowest BCUT2D eigenvalue weighted by Gasteiger charge is -2.35. The first-order valence-corrected chi connectivity index (χ1v) is 21.9. The van der Waals surface area contributed by atoms with Crippen molar-refractivity contribution in [1.82, 2.24) is 34.9 Å². The standard InChI is InChI=1S/C44H45Cl2N9O7S/c1-24-25(2)63-43-39(24)40(27-5-7-28(45)8-6-27)49-35(41-52-51-26(3)55(41)43)21-37(56)47-11-16-61-17-18-62-23-38(57)54-14-12-53(13-15-54)36-10-9-29(42(50-36)60-4)30-19-31-32(44(58)59)22-48-34(31)20-33(30)46/h5-10,19-20,22,35,48H,11-18,21,23H2,1-4H3,(H,47,56)(H,58,59)/t35-/m0/s1. The number of carbonyl (C=O) groups excluding carboxylic acids is 2. The fourth-order valence-corrected chi connectivity index (χ4v) is 9.40. The number of anilines is 1. The highest BCUT2D eigenvalue weighted by atomic mass is 35.5. The number of ether oxygens (including phenoxy) is 3. The van der Waals surface area contributed by atoms with Gasteiger partial charge in [-0.1, -0.05) is 35.3 Å². The molecule has 19 heteroatoms. The second kappa shape index (κ2) is 18.9. The summed E-state index contributed by atoms with van der Waals surface area (Å²) in [6.07, 6.45) is 1.51. The van der Waals surface area contributed by atoms with Crippen LogP contribution in [0.4, 0.5) is 5.82 Å². The number of aliphatic imine (C=N–C) groups is 1. The second-order valence-electron chi connectivity index (χ2n) is 15.1. The third-order valence-corrected chi connectivity index (χ3v) is 12.9. The van der Waals surface area contributed by atoms with Crippen LogP contribution in [0.5, 0.6) is 5.88 Å². The van der Waals surface area contributed by atoms with Gasteiger partial charge in [0.1, 0.15) is 29.3 Å². The number of piperazine rings is 1. The third-order valence-electron chi connectivity index (χ3n) is 11.2. The van der Waals surface area contributed by atoms with Crippen molar-refractivity contribution in [2.45, 2.75) is 33.2 Å². The molecule has 4 aromatic heterocycles. The molecule has 1 saturated heterocycles. The van der Waals surface area contributed by atoms with Gasteiger partial charge in [-0.15, -0.1) is 21.5 Å². The number of aromatic nitrogens is 5. The summed E-state index contributed by atoms with van der Waals surface area (Å²) < 4.78 is 19.0. The van der Waals surface area contributed by atoms with E-state index in [-0.39, 0.29) is 56.8 Å². The summed E-state index contributed by atoms with van der Waals surface area (Å²) in [6.45, 7) is 9.10. The predicted molar refractivity (Wildman–Crippen MR) is 241 cm³/mol. The van der Waals surface area contributed by atoms with Crippen molar-refractivity contribution in [2.24, 2.45) is 4.99 Å². The minimum Gasteiger partial charge on any atom is -0.480 e. The van der Waals surface area contributed by atoms with Crippen LogP contribution in [0.25, 0.3) is 27.0 Å². The minimum atomic E-state index is -1.04. The number of pyridine rings is 1. The molecule has 8 rings (SSSR count). The number of hydrogen-bond donors (Lipinski definition) is 3. The van der Waals surface area contributed by atoms with Gasteiger partial charge in [0.25, 0.3) is 0 Å².